The number of piperidine rings is 1. The Kier molecular flexibility index (Phi) is 5.13. The van der Waals surface area contributed by atoms with Crippen molar-refractivity contribution in [2.75, 3.05) is 18.6 Å². The van der Waals surface area contributed by atoms with Gasteiger partial charge in [0.1, 0.15) is 22.8 Å². The lowest BCUT2D eigenvalue weighted by Gasteiger charge is -2.49. The topological polar surface area (TPSA) is 112 Å². The number of likely N-dealkylation sites (N-methyl/N-ethyl adjacent to an activating group) is 1. The summed E-state index contributed by atoms with van der Waals surface area (Å²) < 4.78 is 28.5. The van der Waals surface area contributed by atoms with Crippen molar-refractivity contribution in [2.24, 2.45) is 0 Å². The molecule has 0 saturated carbocycles. The lowest BCUT2D eigenvalue weighted by Crippen LogP contribution is -2.66. The predicted octanol–water partition coefficient (Wildman–Crippen LogP) is 1.45. The van der Waals surface area contributed by atoms with Gasteiger partial charge < -0.3 is 15.1 Å². The Morgan fingerprint density at radius 1 is 1.24 bits per heavy atom. The second kappa shape index (κ2) is 7.89. The number of aromatic nitrogens is 3. The molecule has 0 spiro atoms. The third-order valence-corrected chi connectivity index (χ3v) is 6.92. The second-order valence-corrected chi connectivity index (χ2v) is 9.08. The van der Waals surface area contributed by atoms with E-state index in [1.165, 1.54) is 21.8 Å². The summed E-state index contributed by atoms with van der Waals surface area (Å²) in [5.74, 6) is -2.66. The van der Waals surface area contributed by atoms with E-state index < -0.39 is 41.0 Å². The maximum Gasteiger partial charge on any atom is 0.278 e. The minimum Gasteiger partial charge on any atom is -0.502 e. The van der Waals surface area contributed by atoms with Crippen LogP contribution in [0, 0.1) is 11.6 Å². The number of pyridine rings is 1. The summed E-state index contributed by atoms with van der Waals surface area (Å²) in [5.41, 5.74) is -0.733. The first kappa shape index (κ1) is 21.5. The summed E-state index contributed by atoms with van der Waals surface area (Å²) in [5, 5.41) is 31.3. The number of aliphatic hydroxyl groups excluding tert-OH is 1. The van der Waals surface area contributed by atoms with Crippen LogP contribution in [0.25, 0.3) is 10.6 Å². The zero-order valence-corrected chi connectivity index (χ0v) is 18.2. The Hall–Kier alpha value is -3.38. The summed E-state index contributed by atoms with van der Waals surface area (Å²) in [6, 6.07) is 3.23. The molecular formula is C21H19F2N5O4S. The molecule has 3 aromatic rings. The van der Waals surface area contributed by atoms with Crippen molar-refractivity contribution in [3.8, 4) is 16.3 Å². The quantitative estimate of drug-likeness (QED) is 0.590. The van der Waals surface area contributed by atoms with Crippen molar-refractivity contribution < 1.29 is 23.8 Å². The Balaban J connectivity index is 1.54. The first-order valence-electron chi connectivity index (χ1n) is 10.2. The minimum atomic E-state index is -0.787. The largest absolute Gasteiger partial charge is 0.502 e. The van der Waals surface area contributed by atoms with Gasteiger partial charge in [-0.05, 0) is 24.5 Å². The molecule has 2 aliphatic rings. The molecule has 2 aliphatic heterocycles. The first-order chi connectivity index (χ1) is 15.8. The Labute approximate surface area is 190 Å². The lowest BCUT2D eigenvalue weighted by molar-refractivity contribution is -0.00391. The van der Waals surface area contributed by atoms with E-state index in [0.29, 0.717) is 24.4 Å². The van der Waals surface area contributed by atoms with Crippen LogP contribution in [-0.4, -0.2) is 61.8 Å². The fourth-order valence-electron chi connectivity index (χ4n) is 4.35. The Bertz CT molecular complexity index is 1330. The summed E-state index contributed by atoms with van der Waals surface area (Å²) in [4.78, 5) is 27.4. The molecule has 4 heterocycles. The smallest absolute Gasteiger partial charge is 0.278 e. The van der Waals surface area contributed by atoms with E-state index in [-0.39, 0.29) is 28.2 Å². The molecule has 12 heteroatoms. The van der Waals surface area contributed by atoms with Gasteiger partial charge in [0.05, 0.1) is 11.7 Å². The van der Waals surface area contributed by atoms with Crippen LogP contribution >= 0.6 is 11.3 Å². The van der Waals surface area contributed by atoms with E-state index in [1.807, 2.05) is 0 Å². The van der Waals surface area contributed by atoms with E-state index >= 15 is 0 Å². The van der Waals surface area contributed by atoms with Gasteiger partial charge in [-0.1, -0.05) is 17.4 Å². The van der Waals surface area contributed by atoms with Crippen molar-refractivity contribution >= 4 is 17.2 Å². The number of fused-ring (bicyclic) bond motifs is 2. The average Bonchev–Trinajstić information content (AvgIpc) is 3.24. The fourth-order valence-corrected chi connectivity index (χ4v) is 5.22. The molecule has 1 aromatic carbocycles. The normalized spacial score (nSPS) is 20.1. The summed E-state index contributed by atoms with van der Waals surface area (Å²) in [6.07, 6.45) is 1.14. The Morgan fingerprint density at radius 3 is 2.79 bits per heavy atom. The maximum atomic E-state index is 14.0. The third-order valence-electron chi connectivity index (χ3n) is 5.97. The highest BCUT2D eigenvalue weighted by Crippen LogP contribution is 2.32. The molecular weight excluding hydrogens is 456 g/mol. The van der Waals surface area contributed by atoms with Crippen LogP contribution < -0.4 is 10.4 Å². The molecule has 2 atom stereocenters. The summed E-state index contributed by atoms with van der Waals surface area (Å²) >= 11 is 1.02. The standard InChI is InChI=1S/C21H19F2N5O4S/c1-26-20-14(29)3-2-6-27(20)21(32)16-18(31)17(30)12(9-28(16)26)19-25-24-15(33-19)7-10-4-5-11(22)8-13(10)23/h4-5,8-9,14,20,29,31H,2-3,6-7H2,1H3. The molecule has 2 unspecified atom stereocenters. The number of carbonyl (C=O) groups excluding carboxylic acids is 1. The highest BCUT2D eigenvalue weighted by atomic mass is 32.1. The van der Waals surface area contributed by atoms with Crippen LogP contribution in [0.1, 0.15) is 33.9 Å². The first-order valence-corrected chi connectivity index (χ1v) is 11.1. The van der Waals surface area contributed by atoms with E-state index in [9.17, 15) is 28.6 Å². The van der Waals surface area contributed by atoms with Crippen LogP contribution in [-0.2, 0) is 6.42 Å². The molecule has 2 N–H and O–H groups in total. The van der Waals surface area contributed by atoms with Gasteiger partial charge in [-0.15, -0.1) is 10.2 Å². The van der Waals surface area contributed by atoms with Crippen molar-refractivity contribution in [1.82, 2.24) is 19.8 Å². The number of carbonyl (C=O) groups is 1. The monoisotopic (exact) mass is 475 g/mol. The van der Waals surface area contributed by atoms with Gasteiger partial charge in [-0.2, -0.15) is 0 Å². The van der Waals surface area contributed by atoms with Crippen molar-refractivity contribution in [1.29, 1.82) is 0 Å². The molecule has 33 heavy (non-hydrogen) atoms. The van der Waals surface area contributed by atoms with E-state index in [2.05, 4.69) is 10.2 Å². The molecule has 5 rings (SSSR count). The zero-order chi connectivity index (χ0) is 23.4. The van der Waals surface area contributed by atoms with Gasteiger partial charge in [-0.3, -0.25) is 19.3 Å². The SMILES string of the molecule is CN1C2C(O)CCCN2C(=O)c2c(O)c(=O)c(-c3nnc(Cc4ccc(F)cc4F)s3)cn21. The molecule has 0 aliphatic carbocycles. The number of amides is 1. The van der Waals surface area contributed by atoms with Crippen molar-refractivity contribution in [3.63, 3.8) is 0 Å². The van der Waals surface area contributed by atoms with Gasteiger partial charge in [0.15, 0.2) is 16.5 Å². The van der Waals surface area contributed by atoms with Gasteiger partial charge in [0.2, 0.25) is 5.43 Å². The lowest BCUT2D eigenvalue weighted by atomic mass is 10.0. The molecule has 9 nitrogen and oxygen atoms in total. The number of aliphatic hydroxyl groups is 1. The molecule has 172 valence electrons. The Morgan fingerprint density at radius 2 is 2.03 bits per heavy atom. The molecule has 0 bridgehead atoms. The van der Waals surface area contributed by atoms with Crippen molar-refractivity contribution in [3.05, 3.63) is 62.5 Å². The predicted molar refractivity (Wildman–Crippen MR) is 115 cm³/mol. The van der Waals surface area contributed by atoms with Gasteiger partial charge >= 0.3 is 0 Å². The molecule has 1 saturated heterocycles. The van der Waals surface area contributed by atoms with E-state index in [1.54, 1.807) is 12.1 Å². The van der Waals surface area contributed by atoms with Crippen LogP contribution in [0.5, 0.6) is 5.75 Å². The molecule has 1 fully saturated rings. The van der Waals surface area contributed by atoms with Gasteiger partial charge in [-0.25, -0.2) is 8.78 Å². The summed E-state index contributed by atoms with van der Waals surface area (Å²) in [7, 11) is 1.65. The van der Waals surface area contributed by atoms with Crippen LogP contribution in [0.15, 0.2) is 29.2 Å². The number of aromatic hydroxyl groups is 1. The number of hydrogen-bond donors (Lipinski definition) is 2. The van der Waals surface area contributed by atoms with Crippen molar-refractivity contribution in [2.45, 2.75) is 31.5 Å². The van der Waals surface area contributed by atoms with Gasteiger partial charge in [0.25, 0.3) is 5.91 Å². The number of halogens is 2. The molecule has 2 aromatic heterocycles. The van der Waals surface area contributed by atoms with Crippen LogP contribution in [0.4, 0.5) is 8.78 Å². The van der Waals surface area contributed by atoms with Crippen LogP contribution in [0.2, 0.25) is 0 Å². The third kappa shape index (κ3) is 3.45. The van der Waals surface area contributed by atoms with E-state index in [0.717, 1.165) is 23.5 Å². The highest BCUT2D eigenvalue weighted by molar-refractivity contribution is 7.14. The molecule has 0 radical (unpaired) electrons. The minimum absolute atomic E-state index is 0.0120. The highest BCUT2D eigenvalue weighted by Gasteiger charge is 2.43. The van der Waals surface area contributed by atoms with E-state index in [4.69, 9.17) is 0 Å². The molecule has 1 amide bonds. The zero-order valence-electron chi connectivity index (χ0n) is 17.4. The second-order valence-electron chi connectivity index (χ2n) is 8.02. The average molecular weight is 475 g/mol. The maximum absolute atomic E-state index is 14.0. The number of nitrogens with zero attached hydrogens (tertiary/aromatic N) is 5. The summed E-state index contributed by atoms with van der Waals surface area (Å²) in [6.45, 7) is 0.403. The number of rotatable bonds is 3. The number of benzene rings is 1. The van der Waals surface area contributed by atoms with Gasteiger partial charge in [0, 0.05) is 32.3 Å². The number of hydrogen-bond acceptors (Lipinski definition) is 8. The fraction of sp³-hybridized carbons (Fsp3) is 0.333. The van der Waals surface area contributed by atoms with Crippen LogP contribution in [0.3, 0.4) is 0 Å².